The zero-order valence-electron chi connectivity index (χ0n) is 8.90. The molecule has 0 saturated carbocycles. The third kappa shape index (κ3) is 2.28. The van der Waals surface area contributed by atoms with E-state index in [-0.39, 0.29) is 17.7 Å². The standard InChI is InChI=1S/C12H12O4/c1-3-8-6-5-7-9(11(13)14)10(8)12(15)16-4-2/h3,5-7H,1,4H2,2H3,(H,13,14). The molecule has 1 aromatic carbocycles. The monoisotopic (exact) mass is 220 g/mol. The Balaban J connectivity index is 3.35. The van der Waals surface area contributed by atoms with Crippen molar-refractivity contribution < 1.29 is 19.4 Å². The van der Waals surface area contributed by atoms with Gasteiger partial charge in [-0.2, -0.15) is 0 Å². The lowest BCUT2D eigenvalue weighted by molar-refractivity contribution is 0.0514. The predicted molar refractivity (Wildman–Crippen MR) is 59.4 cm³/mol. The lowest BCUT2D eigenvalue weighted by Crippen LogP contribution is -2.13. The fourth-order valence-corrected chi connectivity index (χ4v) is 1.35. The van der Waals surface area contributed by atoms with E-state index in [1.165, 1.54) is 12.1 Å². The average molecular weight is 220 g/mol. The predicted octanol–water partition coefficient (Wildman–Crippen LogP) is 2.20. The van der Waals surface area contributed by atoms with Crippen molar-refractivity contribution in [2.75, 3.05) is 6.61 Å². The molecule has 0 aliphatic heterocycles. The zero-order chi connectivity index (χ0) is 12.1. The minimum absolute atomic E-state index is 0.0480. The molecule has 4 nitrogen and oxygen atoms in total. The van der Waals surface area contributed by atoms with Crippen LogP contribution in [0.1, 0.15) is 33.2 Å². The van der Waals surface area contributed by atoms with E-state index in [1.54, 1.807) is 19.1 Å². The second-order valence-electron chi connectivity index (χ2n) is 3.00. The molecule has 0 fully saturated rings. The van der Waals surface area contributed by atoms with Crippen LogP contribution in [0.3, 0.4) is 0 Å². The van der Waals surface area contributed by atoms with Crippen molar-refractivity contribution in [3.05, 3.63) is 41.5 Å². The second-order valence-corrected chi connectivity index (χ2v) is 3.00. The van der Waals surface area contributed by atoms with E-state index in [0.717, 1.165) is 0 Å². The van der Waals surface area contributed by atoms with Gasteiger partial charge in [-0.25, -0.2) is 9.59 Å². The molecule has 0 aliphatic carbocycles. The van der Waals surface area contributed by atoms with E-state index in [0.29, 0.717) is 5.56 Å². The Hall–Kier alpha value is -2.10. The van der Waals surface area contributed by atoms with E-state index < -0.39 is 11.9 Å². The van der Waals surface area contributed by atoms with Gasteiger partial charge < -0.3 is 9.84 Å². The van der Waals surface area contributed by atoms with Gasteiger partial charge in [0.2, 0.25) is 0 Å². The van der Waals surface area contributed by atoms with Crippen LogP contribution in [0.25, 0.3) is 6.08 Å². The van der Waals surface area contributed by atoms with Crippen LogP contribution < -0.4 is 0 Å². The highest BCUT2D eigenvalue weighted by Crippen LogP contribution is 2.17. The number of benzene rings is 1. The van der Waals surface area contributed by atoms with E-state index >= 15 is 0 Å². The number of rotatable bonds is 4. The maximum Gasteiger partial charge on any atom is 0.339 e. The van der Waals surface area contributed by atoms with Gasteiger partial charge in [-0.3, -0.25) is 0 Å². The number of carbonyl (C=O) groups excluding carboxylic acids is 1. The molecule has 0 bridgehead atoms. The summed E-state index contributed by atoms with van der Waals surface area (Å²) in [7, 11) is 0. The lowest BCUT2D eigenvalue weighted by atomic mass is 10.0. The Morgan fingerprint density at radius 2 is 2.19 bits per heavy atom. The van der Waals surface area contributed by atoms with Crippen LogP contribution in [0.5, 0.6) is 0 Å². The number of ether oxygens (including phenoxy) is 1. The fourth-order valence-electron chi connectivity index (χ4n) is 1.35. The molecular formula is C12H12O4. The second kappa shape index (κ2) is 5.11. The highest BCUT2D eigenvalue weighted by atomic mass is 16.5. The molecule has 1 rings (SSSR count). The van der Waals surface area contributed by atoms with Gasteiger partial charge in [-0.15, -0.1) is 0 Å². The van der Waals surface area contributed by atoms with E-state index in [2.05, 4.69) is 6.58 Å². The number of carbonyl (C=O) groups is 2. The first-order valence-corrected chi connectivity index (χ1v) is 4.77. The molecular weight excluding hydrogens is 208 g/mol. The number of carboxylic acid groups (broad SMARTS) is 1. The first-order valence-electron chi connectivity index (χ1n) is 4.77. The Labute approximate surface area is 93.2 Å². The molecule has 0 spiro atoms. The fraction of sp³-hybridized carbons (Fsp3) is 0.167. The van der Waals surface area contributed by atoms with E-state index in [4.69, 9.17) is 9.84 Å². The molecule has 0 aromatic heterocycles. The highest BCUT2D eigenvalue weighted by Gasteiger charge is 2.19. The summed E-state index contributed by atoms with van der Waals surface area (Å²) in [5.41, 5.74) is 0.432. The Bertz CT molecular complexity index is 435. The van der Waals surface area contributed by atoms with Crippen LogP contribution in [-0.2, 0) is 4.74 Å². The summed E-state index contributed by atoms with van der Waals surface area (Å²) < 4.78 is 4.81. The maximum atomic E-state index is 11.6. The van der Waals surface area contributed by atoms with Crippen LogP contribution >= 0.6 is 0 Å². The third-order valence-corrected chi connectivity index (χ3v) is 2.03. The molecule has 0 aliphatic rings. The average Bonchev–Trinajstić information content (AvgIpc) is 2.28. The third-order valence-electron chi connectivity index (χ3n) is 2.03. The number of hydrogen-bond acceptors (Lipinski definition) is 3. The van der Waals surface area contributed by atoms with Crippen LogP contribution in [-0.4, -0.2) is 23.7 Å². The molecule has 0 saturated heterocycles. The van der Waals surface area contributed by atoms with Gasteiger partial charge in [-0.1, -0.05) is 24.8 Å². The SMILES string of the molecule is C=Cc1cccc(C(=O)O)c1C(=O)OCC. The van der Waals surface area contributed by atoms with Crippen LogP contribution in [0, 0.1) is 0 Å². The summed E-state index contributed by atoms with van der Waals surface area (Å²) in [6.07, 6.45) is 1.43. The van der Waals surface area contributed by atoms with Gasteiger partial charge in [0.1, 0.15) is 0 Å². The largest absolute Gasteiger partial charge is 0.478 e. The maximum absolute atomic E-state index is 11.6. The van der Waals surface area contributed by atoms with Crippen molar-refractivity contribution >= 4 is 18.0 Å². The molecule has 1 aromatic rings. The van der Waals surface area contributed by atoms with Gasteiger partial charge in [0, 0.05) is 0 Å². The summed E-state index contributed by atoms with van der Waals surface area (Å²) >= 11 is 0. The van der Waals surface area contributed by atoms with Crippen LogP contribution in [0.4, 0.5) is 0 Å². The number of carboxylic acids is 1. The van der Waals surface area contributed by atoms with E-state index in [9.17, 15) is 9.59 Å². The van der Waals surface area contributed by atoms with Crippen molar-refractivity contribution in [3.63, 3.8) is 0 Å². The smallest absolute Gasteiger partial charge is 0.339 e. The molecule has 0 amide bonds. The molecule has 1 N–H and O–H groups in total. The summed E-state index contributed by atoms with van der Waals surface area (Å²) in [4.78, 5) is 22.6. The Kier molecular flexibility index (Phi) is 3.83. The minimum atomic E-state index is -1.16. The van der Waals surface area contributed by atoms with Crippen molar-refractivity contribution in [2.24, 2.45) is 0 Å². The quantitative estimate of drug-likeness (QED) is 0.790. The molecule has 4 heteroatoms. The van der Waals surface area contributed by atoms with Gasteiger partial charge in [0.25, 0.3) is 0 Å². The van der Waals surface area contributed by atoms with Gasteiger partial charge in [0.05, 0.1) is 17.7 Å². The van der Waals surface area contributed by atoms with Gasteiger partial charge in [0.15, 0.2) is 0 Å². The first kappa shape index (κ1) is 12.0. The van der Waals surface area contributed by atoms with Crippen molar-refractivity contribution in [2.45, 2.75) is 6.92 Å². The molecule has 0 heterocycles. The molecule has 0 atom stereocenters. The molecule has 0 radical (unpaired) electrons. The van der Waals surface area contributed by atoms with Crippen molar-refractivity contribution in [3.8, 4) is 0 Å². The lowest BCUT2D eigenvalue weighted by Gasteiger charge is -2.08. The van der Waals surface area contributed by atoms with Crippen molar-refractivity contribution in [1.29, 1.82) is 0 Å². The normalized spacial score (nSPS) is 9.56. The van der Waals surface area contributed by atoms with Gasteiger partial charge >= 0.3 is 11.9 Å². The van der Waals surface area contributed by atoms with Crippen molar-refractivity contribution in [1.82, 2.24) is 0 Å². The first-order chi connectivity index (χ1) is 7.61. The summed E-state index contributed by atoms with van der Waals surface area (Å²) in [6.45, 7) is 5.39. The Morgan fingerprint density at radius 1 is 1.50 bits per heavy atom. The molecule has 84 valence electrons. The summed E-state index contributed by atoms with van der Waals surface area (Å²) in [6, 6.07) is 4.54. The molecule has 16 heavy (non-hydrogen) atoms. The summed E-state index contributed by atoms with van der Waals surface area (Å²) in [5.74, 6) is -1.80. The number of aromatic carboxylic acids is 1. The number of hydrogen-bond donors (Lipinski definition) is 1. The van der Waals surface area contributed by atoms with Crippen LogP contribution in [0.15, 0.2) is 24.8 Å². The Morgan fingerprint density at radius 3 is 2.69 bits per heavy atom. The van der Waals surface area contributed by atoms with E-state index in [1.807, 2.05) is 0 Å². The number of esters is 1. The summed E-state index contributed by atoms with van der Waals surface area (Å²) in [5, 5.41) is 8.96. The topological polar surface area (TPSA) is 63.6 Å². The zero-order valence-corrected chi connectivity index (χ0v) is 8.90. The minimum Gasteiger partial charge on any atom is -0.478 e. The van der Waals surface area contributed by atoms with Gasteiger partial charge in [-0.05, 0) is 18.6 Å². The molecule has 0 unspecified atom stereocenters. The highest BCUT2D eigenvalue weighted by molar-refractivity contribution is 6.04. The van der Waals surface area contributed by atoms with Crippen LogP contribution in [0.2, 0.25) is 0 Å².